The smallest absolute Gasteiger partial charge is 0.235 e. The van der Waals surface area contributed by atoms with Crippen LogP contribution < -0.4 is 0 Å². The van der Waals surface area contributed by atoms with Crippen LogP contribution in [0.1, 0.15) is 25.6 Å². The maximum absolute atomic E-state index is 5.29. The van der Waals surface area contributed by atoms with Crippen molar-refractivity contribution in [3.63, 3.8) is 0 Å². The number of hydrogen-bond acceptors (Lipinski definition) is 7. The van der Waals surface area contributed by atoms with Gasteiger partial charge in [-0.2, -0.15) is 9.61 Å². The fourth-order valence-corrected chi connectivity index (χ4v) is 2.81. The standard InChI is InChI=1S/C13H11N5O2S/c1-7(2)11-14-15-13-18(11)16-12(21-13)8-6-10(20-17-8)9-4-3-5-19-9/h3-7H,1-2H3. The first kappa shape index (κ1) is 12.3. The Balaban J connectivity index is 1.76. The summed E-state index contributed by atoms with van der Waals surface area (Å²) in [6, 6.07) is 5.43. The SMILES string of the molecule is CC(C)c1nnc2sc(-c3cc(-c4ccco4)on3)nn12. The van der Waals surface area contributed by atoms with Gasteiger partial charge in [-0.25, -0.2) is 0 Å². The summed E-state index contributed by atoms with van der Waals surface area (Å²) < 4.78 is 12.3. The Morgan fingerprint density at radius 2 is 2.14 bits per heavy atom. The van der Waals surface area contributed by atoms with Crippen molar-refractivity contribution < 1.29 is 8.94 Å². The molecule has 0 aliphatic carbocycles. The molecule has 106 valence electrons. The lowest BCUT2D eigenvalue weighted by molar-refractivity contribution is 0.420. The molecule has 4 heterocycles. The van der Waals surface area contributed by atoms with Gasteiger partial charge in [0.2, 0.25) is 10.7 Å². The second kappa shape index (κ2) is 4.52. The molecule has 7 nitrogen and oxygen atoms in total. The molecule has 0 fully saturated rings. The van der Waals surface area contributed by atoms with Gasteiger partial charge in [0, 0.05) is 12.0 Å². The van der Waals surface area contributed by atoms with Crippen molar-refractivity contribution in [2.24, 2.45) is 0 Å². The quantitative estimate of drug-likeness (QED) is 0.578. The molecule has 0 N–H and O–H groups in total. The largest absolute Gasteiger partial charge is 0.461 e. The molecule has 4 aromatic rings. The van der Waals surface area contributed by atoms with E-state index in [0.717, 1.165) is 15.8 Å². The third kappa shape index (κ3) is 1.95. The average molecular weight is 301 g/mol. The van der Waals surface area contributed by atoms with Gasteiger partial charge in [-0.3, -0.25) is 0 Å². The van der Waals surface area contributed by atoms with Crippen LogP contribution in [-0.2, 0) is 0 Å². The van der Waals surface area contributed by atoms with Gasteiger partial charge in [0.05, 0.1) is 6.26 Å². The maximum Gasteiger partial charge on any atom is 0.235 e. The van der Waals surface area contributed by atoms with Crippen molar-refractivity contribution in [3.8, 4) is 22.2 Å². The Morgan fingerprint density at radius 1 is 1.24 bits per heavy atom. The molecule has 4 aromatic heterocycles. The predicted octanol–water partition coefficient (Wildman–Crippen LogP) is 3.22. The van der Waals surface area contributed by atoms with Crippen LogP contribution in [0.15, 0.2) is 33.4 Å². The van der Waals surface area contributed by atoms with Crippen LogP contribution in [0.5, 0.6) is 0 Å². The van der Waals surface area contributed by atoms with E-state index in [0.29, 0.717) is 17.2 Å². The summed E-state index contributed by atoms with van der Waals surface area (Å²) in [4.78, 5) is 0.747. The first-order chi connectivity index (χ1) is 10.2. The van der Waals surface area contributed by atoms with Crippen molar-refractivity contribution >= 4 is 16.3 Å². The second-order valence-electron chi connectivity index (χ2n) is 4.87. The fourth-order valence-electron chi connectivity index (χ4n) is 2.01. The van der Waals surface area contributed by atoms with E-state index < -0.39 is 0 Å². The lowest BCUT2D eigenvalue weighted by Gasteiger charge is -1.97. The molecular weight excluding hydrogens is 290 g/mol. The number of nitrogens with zero attached hydrogens (tertiary/aromatic N) is 5. The summed E-state index contributed by atoms with van der Waals surface area (Å²) in [5.41, 5.74) is 0.659. The van der Waals surface area contributed by atoms with Gasteiger partial charge in [0.1, 0.15) is 5.69 Å². The molecule has 0 aromatic carbocycles. The highest BCUT2D eigenvalue weighted by molar-refractivity contribution is 7.19. The van der Waals surface area contributed by atoms with Gasteiger partial charge in [-0.1, -0.05) is 30.3 Å². The van der Waals surface area contributed by atoms with E-state index in [2.05, 4.69) is 34.3 Å². The van der Waals surface area contributed by atoms with E-state index in [1.165, 1.54) is 11.3 Å². The van der Waals surface area contributed by atoms with Crippen LogP contribution in [0, 0.1) is 0 Å². The zero-order chi connectivity index (χ0) is 14.4. The van der Waals surface area contributed by atoms with Crippen molar-refractivity contribution in [1.82, 2.24) is 25.0 Å². The van der Waals surface area contributed by atoms with E-state index in [1.807, 2.05) is 6.07 Å². The van der Waals surface area contributed by atoms with E-state index in [1.54, 1.807) is 22.9 Å². The minimum absolute atomic E-state index is 0.255. The van der Waals surface area contributed by atoms with Crippen molar-refractivity contribution in [2.75, 3.05) is 0 Å². The molecule has 0 radical (unpaired) electrons. The monoisotopic (exact) mass is 301 g/mol. The van der Waals surface area contributed by atoms with Gasteiger partial charge < -0.3 is 8.94 Å². The highest BCUT2D eigenvalue weighted by Crippen LogP contribution is 2.29. The zero-order valence-corrected chi connectivity index (χ0v) is 12.2. The highest BCUT2D eigenvalue weighted by atomic mass is 32.1. The van der Waals surface area contributed by atoms with Crippen LogP contribution in [0.2, 0.25) is 0 Å². The van der Waals surface area contributed by atoms with Gasteiger partial charge >= 0.3 is 0 Å². The van der Waals surface area contributed by atoms with E-state index in [9.17, 15) is 0 Å². The zero-order valence-electron chi connectivity index (χ0n) is 11.3. The molecular formula is C13H11N5O2S. The van der Waals surface area contributed by atoms with Crippen molar-refractivity contribution in [2.45, 2.75) is 19.8 Å². The minimum Gasteiger partial charge on any atom is -0.461 e. The molecule has 8 heteroatoms. The summed E-state index contributed by atoms with van der Waals surface area (Å²) in [5.74, 6) is 2.30. The lowest BCUT2D eigenvalue weighted by atomic mass is 10.2. The molecule has 0 aliphatic heterocycles. The third-order valence-corrected chi connectivity index (χ3v) is 3.95. The first-order valence-electron chi connectivity index (χ1n) is 6.45. The predicted molar refractivity (Wildman–Crippen MR) is 75.9 cm³/mol. The Morgan fingerprint density at radius 3 is 2.90 bits per heavy atom. The van der Waals surface area contributed by atoms with E-state index in [-0.39, 0.29) is 5.92 Å². The van der Waals surface area contributed by atoms with Crippen LogP contribution in [0.4, 0.5) is 0 Å². The summed E-state index contributed by atoms with van der Waals surface area (Å²) in [5, 5.41) is 17.6. The van der Waals surface area contributed by atoms with Crippen molar-refractivity contribution in [1.29, 1.82) is 0 Å². The Bertz CT molecular complexity index is 887. The first-order valence-corrected chi connectivity index (χ1v) is 7.27. The summed E-state index contributed by atoms with van der Waals surface area (Å²) in [6.07, 6.45) is 1.59. The molecule has 0 saturated heterocycles. The number of hydrogen-bond donors (Lipinski definition) is 0. The van der Waals surface area contributed by atoms with Crippen LogP contribution in [0.3, 0.4) is 0 Å². The molecule has 0 atom stereocenters. The number of aromatic nitrogens is 5. The Labute approximate surface area is 123 Å². The molecule has 0 amide bonds. The average Bonchev–Trinajstić information content (AvgIpc) is 3.21. The van der Waals surface area contributed by atoms with Crippen LogP contribution in [0.25, 0.3) is 27.2 Å². The topological polar surface area (TPSA) is 82.2 Å². The van der Waals surface area contributed by atoms with Gasteiger partial charge in [-0.05, 0) is 12.1 Å². The summed E-state index contributed by atoms with van der Waals surface area (Å²) >= 11 is 1.42. The molecule has 0 spiro atoms. The Hall–Kier alpha value is -2.48. The molecule has 0 saturated carbocycles. The van der Waals surface area contributed by atoms with Crippen LogP contribution in [-0.4, -0.2) is 25.0 Å². The van der Waals surface area contributed by atoms with Crippen molar-refractivity contribution in [3.05, 3.63) is 30.3 Å². The molecule has 21 heavy (non-hydrogen) atoms. The molecule has 0 bridgehead atoms. The molecule has 4 rings (SSSR count). The second-order valence-corrected chi connectivity index (χ2v) is 5.82. The highest BCUT2D eigenvalue weighted by Gasteiger charge is 2.18. The molecule has 0 unspecified atom stereocenters. The third-order valence-electron chi connectivity index (χ3n) is 3.02. The van der Waals surface area contributed by atoms with Crippen LogP contribution >= 0.6 is 11.3 Å². The molecule has 0 aliphatic rings. The number of rotatable bonds is 3. The van der Waals surface area contributed by atoms with Gasteiger partial charge in [0.25, 0.3) is 0 Å². The summed E-state index contributed by atoms with van der Waals surface area (Å²) in [6.45, 7) is 4.11. The van der Waals surface area contributed by atoms with Gasteiger partial charge in [0.15, 0.2) is 16.6 Å². The normalized spacial score (nSPS) is 11.8. The fraction of sp³-hybridized carbons (Fsp3) is 0.231. The van der Waals surface area contributed by atoms with E-state index >= 15 is 0 Å². The number of furan rings is 1. The Kier molecular flexibility index (Phi) is 2.64. The lowest BCUT2D eigenvalue weighted by Crippen LogP contribution is -1.97. The van der Waals surface area contributed by atoms with E-state index in [4.69, 9.17) is 8.94 Å². The number of fused-ring (bicyclic) bond motifs is 1. The van der Waals surface area contributed by atoms with Gasteiger partial charge in [-0.15, -0.1) is 10.2 Å². The minimum atomic E-state index is 0.255. The maximum atomic E-state index is 5.29. The summed E-state index contributed by atoms with van der Waals surface area (Å²) in [7, 11) is 0.